The Kier molecular flexibility index (Phi) is 5.47. The Morgan fingerprint density at radius 1 is 1.19 bits per heavy atom. The largest absolute Gasteiger partial charge is 0.355 e. The molecule has 2 aromatic rings. The molecule has 2 N–H and O–H groups in total. The molecule has 1 aromatic carbocycles. The van der Waals surface area contributed by atoms with Crippen LogP contribution in [-0.4, -0.2) is 33.9 Å². The highest BCUT2D eigenvalue weighted by Gasteiger charge is 2.28. The van der Waals surface area contributed by atoms with Gasteiger partial charge in [-0.2, -0.15) is 0 Å². The SMILES string of the molecule is O=C(NNc1ncnc(N2CCCCC2)c1[N+](=O)[O-])c1ccccc1Cl. The quantitative estimate of drug-likeness (QED) is 0.609. The zero-order valence-corrected chi connectivity index (χ0v) is 14.6. The van der Waals surface area contributed by atoms with Gasteiger partial charge in [0.2, 0.25) is 11.6 Å². The Bertz CT molecular complexity index is 825. The third-order valence-corrected chi connectivity index (χ3v) is 4.38. The Balaban J connectivity index is 1.82. The third-order valence-electron chi connectivity index (χ3n) is 4.05. The van der Waals surface area contributed by atoms with E-state index in [1.54, 1.807) is 24.3 Å². The molecule has 136 valence electrons. The maximum atomic E-state index is 12.2. The van der Waals surface area contributed by atoms with Gasteiger partial charge >= 0.3 is 5.69 Å². The summed E-state index contributed by atoms with van der Waals surface area (Å²) < 4.78 is 0. The number of rotatable bonds is 5. The molecule has 0 radical (unpaired) electrons. The maximum Gasteiger partial charge on any atom is 0.355 e. The highest BCUT2D eigenvalue weighted by Crippen LogP contribution is 2.32. The lowest BCUT2D eigenvalue weighted by Crippen LogP contribution is -2.33. The van der Waals surface area contributed by atoms with Gasteiger partial charge in [-0.15, -0.1) is 0 Å². The first-order valence-corrected chi connectivity index (χ1v) is 8.51. The number of nitro groups is 1. The molecule has 0 saturated carbocycles. The minimum atomic E-state index is -0.548. The van der Waals surface area contributed by atoms with Crippen molar-refractivity contribution in [3.63, 3.8) is 0 Å². The molecule has 26 heavy (non-hydrogen) atoms. The van der Waals surface area contributed by atoms with Crippen molar-refractivity contribution in [3.8, 4) is 0 Å². The van der Waals surface area contributed by atoms with Gasteiger partial charge < -0.3 is 4.90 Å². The van der Waals surface area contributed by atoms with Crippen LogP contribution >= 0.6 is 11.6 Å². The van der Waals surface area contributed by atoms with E-state index in [2.05, 4.69) is 20.8 Å². The smallest absolute Gasteiger partial charge is 0.351 e. The molecule has 1 aliphatic heterocycles. The number of hydrazine groups is 1. The number of aromatic nitrogens is 2. The number of hydrogen-bond donors (Lipinski definition) is 2. The van der Waals surface area contributed by atoms with Crippen LogP contribution in [0.4, 0.5) is 17.3 Å². The minimum absolute atomic E-state index is 0.0778. The lowest BCUT2D eigenvalue weighted by molar-refractivity contribution is -0.383. The lowest BCUT2D eigenvalue weighted by atomic mass is 10.1. The van der Waals surface area contributed by atoms with Gasteiger partial charge in [0.25, 0.3) is 5.91 Å². The summed E-state index contributed by atoms with van der Waals surface area (Å²) in [6.07, 6.45) is 4.23. The van der Waals surface area contributed by atoms with Crippen LogP contribution in [0.2, 0.25) is 5.02 Å². The van der Waals surface area contributed by atoms with Gasteiger partial charge in [0.15, 0.2) is 0 Å². The van der Waals surface area contributed by atoms with Crippen LogP contribution in [0.3, 0.4) is 0 Å². The topological polar surface area (TPSA) is 113 Å². The summed E-state index contributed by atoms with van der Waals surface area (Å²) >= 11 is 5.98. The van der Waals surface area contributed by atoms with E-state index in [0.29, 0.717) is 13.1 Å². The molecule has 1 aromatic heterocycles. The summed E-state index contributed by atoms with van der Waals surface area (Å²) in [7, 11) is 0. The predicted octanol–water partition coefficient (Wildman–Crippen LogP) is 2.79. The van der Waals surface area contributed by atoms with E-state index in [1.807, 2.05) is 4.90 Å². The second-order valence-corrected chi connectivity index (χ2v) is 6.17. The number of anilines is 2. The molecular formula is C16H17ClN6O3. The highest BCUT2D eigenvalue weighted by atomic mass is 35.5. The van der Waals surface area contributed by atoms with Crippen molar-refractivity contribution in [1.29, 1.82) is 0 Å². The molecule has 0 spiro atoms. The molecule has 1 amide bonds. The van der Waals surface area contributed by atoms with Crippen molar-refractivity contribution in [3.05, 3.63) is 51.3 Å². The van der Waals surface area contributed by atoms with Gasteiger partial charge in [-0.1, -0.05) is 23.7 Å². The first-order valence-electron chi connectivity index (χ1n) is 8.13. The van der Waals surface area contributed by atoms with Gasteiger partial charge in [-0.3, -0.25) is 25.8 Å². The maximum absolute atomic E-state index is 12.2. The van der Waals surface area contributed by atoms with Crippen LogP contribution in [0.15, 0.2) is 30.6 Å². The standard InChI is InChI=1S/C16H17ClN6O3/c17-12-7-3-2-6-11(12)16(24)21-20-14-13(23(25)26)15(19-10-18-14)22-8-4-1-5-9-22/h2-3,6-7,10H,1,4-5,8-9H2,(H,21,24)(H,18,19,20). The van der Waals surface area contributed by atoms with Gasteiger partial charge in [-0.25, -0.2) is 9.97 Å². The van der Waals surface area contributed by atoms with E-state index < -0.39 is 10.8 Å². The zero-order chi connectivity index (χ0) is 18.5. The van der Waals surface area contributed by atoms with E-state index in [0.717, 1.165) is 19.3 Å². The molecule has 1 aliphatic rings. The summed E-state index contributed by atoms with van der Waals surface area (Å²) in [6.45, 7) is 1.40. The molecule has 0 aliphatic carbocycles. The average molecular weight is 377 g/mol. The average Bonchev–Trinajstić information content (AvgIpc) is 2.66. The first kappa shape index (κ1) is 17.9. The van der Waals surface area contributed by atoms with Gasteiger partial charge in [-0.05, 0) is 31.4 Å². The molecule has 0 bridgehead atoms. The molecular weight excluding hydrogens is 360 g/mol. The molecule has 10 heteroatoms. The van der Waals surface area contributed by atoms with Crippen molar-refractivity contribution in [2.24, 2.45) is 0 Å². The van der Waals surface area contributed by atoms with Crippen molar-refractivity contribution < 1.29 is 9.72 Å². The molecule has 1 saturated heterocycles. The summed E-state index contributed by atoms with van der Waals surface area (Å²) in [4.78, 5) is 33.1. The van der Waals surface area contributed by atoms with Crippen LogP contribution in [0.5, 0.6) is 0 Å². The molecule has 9 nitrogen and oxygen atoms in total. The molecule has 3 rings (SSSR count). The minimum Gasteiger partial charge on any atom is -0.351 e. The van der Waals surface area contributed by atoms with Gasteiger partial charge in [0, 0.05) is 13.1 Å². The van der Waals surface area contributed by atoms with Crippen LogP contribution in [-0.2, 0) is 0 Å². The number of hydrogen-bond acceptors (Lipinski definition) is 7. The fraction of sp³-hybridized carbons (Fsp3) is 0.312. The van der Waals surface area contributed by atoms with Crippen molar-refractivity contribution in [1.82, 2.24) is 15.4 Å². The van der Waals surface area contributed by atoms with E-state index in [4.69, 9.17) is 11.6 Å². The van der Waals surface area contributed by atoms with Crippen molar-refractivity contribution in [2.75, 3.05) is 23.4 Å². The predicted molar refractivity (Wildman–Crippen MR) is 97.3 cm³/mol. The number of carbonyl (C=O) groups excluding carboxylic acids is 1. The Labute approximate surface area is 154 Å². The van der Waals surface area contributed by atoms with Crippen LogP contribution in [0, 0.1) is 10.1 Å². The Morgan fingerprint density at radius 2 is 1.92 bits per heavy atom. The highest BCUT2D eigenvalue weighted by molar-refractivity contribution is 6.33. The van der Waals surface area contributed by atoms with E-state index in [1.165, 1.54) is 6.33 Å². The van der Waals surface area contributed by atoms with Crippen molar-refractivity contribution in [2.45, 2.75) is 19.3 Å². The summed E-state index contributed by atoms with van der Waals surface area (Å²) in [5.41, 5.74) is 4.89. The fourth-order valence-electron chi connectivity index (χ4n) is 2.79. The van der Waals surface area contributed by atoms with Crippen LogP contribution in [0.25, 0.3) is 0 Å². The number of amides is 1. The second-order valence-electron chi connectivity index (χ2n) is 5.76. The third kappa shape index (κ3) is 3.83. The van der Waals surface area contributed by atoms with Crippen molar-refractivity contribution >= 4 is 34.8 Å². The Morgan fingerprint density at radius 3 is 2.62 bits per heavy atom. The molecule has 0 unspecified atom stereocenters. The zero-order valence-electron chi connectivity index (χ0n) is 13.8. The molecule has 2 heterocycles. The number of nitrogens with one attached hydrogen (secondary N) is 2. The monoisotopic (exact) mass is 376 g/mol. The number of piperidine rings is 1. The first-order chi connectivity index (χ1) is 12.6. The lowest BCUT2D eigenvalue weighted by Gasteiger charge is -2.27. The number of halogens is 1. The van der Waals surface area contributed by atoms with Gasteiger partial charge in [0.1, 0.15) is 6.33 Å². The van der Waals surface area contributed by atoms with E-state index in [9.17, 15) is 14.9 Å². The molecule has 0 atom stereocenters. The summed E-state index contributed by atoms with van der Waals surface area (Å²) in [6, 6.07) is 6.50. The van der Waals surface area contributed by atoms with Crippen LogP contribution < -0.4 is 15.8 Å². The molecule has 1 fully saturated rings. The summed E-state index contributed by atoms with van der Waals surface area (Å²) in [5, 5.41) is 11.9. The fourth-order valence-corrected chi connectivity index (χ4v) is 3.02. The van der Waals surface area contributed by atoms with Gasteiger partial charge in [0.05, 0.1) is 15.5 Å². The Hall–Kier alpha value is -2.94. The normalized spacial score (nSPS) is 14.0. The second kappa shape index (κ2) is 7.96. The van der Waals surface area contributed by atoms with E-state index in [-0.39, 0.29) is 27.9 Å². The van der Waals surface area contributed by atoms with Crippen LogP contribution in [0.1, 0.15) is 29.6 Å². The van der Waals surface area contributed by atoms with E-state index >= 15 is 0 Å². The number of carbonyl (C=O) groups is 1. The number of nitrogens with zero attached hydrogens (tertiary/aromatic N) is 4. The number of benzene rings is 1. The summed E-state index contributed by atoms with van der Waals surface area (Å²) in [5.74, 6) is -0.354.